The van der Waals surface area contributed by atoms with Crippen LogP contribution in [0.15, 0.2) is 59.0 Å². The Balaban J connectivity index is 2.11. The lowest BCUT2D eigenvalue weighted by atomic mass is 10.3. The Morgan fingerprint density at radius 1 is 0.889 bits per heavy atom. The molecule has 1 heterocycles. The Kier molecular flexibility index (Phi) is 3.52. The van der Waals surface area contributed by atoms with Gasteiger partial charge in [0.15, 0.2) is 0 Å². The van der Waals surface area contributed by atoms with Gasteiger partial charge in [-0.1, -0.05) is 0 Å². The molecular weight excluding hydrogens is 228 g/mol. The third kappa shape index (κ3) is 3.04. The van der Waals surface area contributed by atoms with E-state index in [1.807, 2.05) is 43.3 Å². The molecule has 0 saturated carbocycles. The van der Waals surface area contributed by atoms with E-state index in [-0.39, 0.29) is 0 Å². The Hall–Kier alpha value is -2.43. The number of nitrogens with zero attached hydrogens (tertiary/aromatic N) is 4. The molecule has 0 unspecified atom stereocenters. The summed E-state index contributed by atoms with van der Waals surface area (Å²) in [5.41, 5.74) is 2.60. The zero-order chi connectivity index (χ0) is 13.0. The van der Waals surface area contributed by atoms with E-state index >= 15 is 0 Å². The van der Waals surface area contributed by atoms with Crippen molar-refractivity contribution in [1.82, 2.24) is 0 Å². The summed E-state index contributed by atoms with van der Waals surface area (Å²) in [7, 11) is 3.98. The molecule has 2 rings (SSSR count). The second-order valence-electron chi connectivity index (χ2n) is 4.05. The van der Waals surface area contributed by atoms with Crippen molar-refractivity contribution < 1.29 is 9.94 Å². The lowest BCUT2D eigenvalue weighted by Gasteiger charge is -2.11. The lowest BCUT2D eigenvalue weighted by molar-refractivity contribution is -0.904. The van der Waals surface area contributed by atoms with E-state index in [9.17, 15) is 0 Å². The molecule has 18 heavy (non-hydrogen) atoms. The van der Waals surface area contributed by atoms with E-state index in [4.69, 9.17) is 5.21 Å². The summed E-state index contributed by atoms with van der Waals surface area (Å²) in [4.78, 5) is 2.03. The predicted octanol–water partition coefficient (Wildman–Crippen LogP) is 2.69. The number of azo groups is 1. The summed E-state index contributed by atoms with van der Waals surface area (Å²) in [6.45, 7) is 0. The molecule has 1 N–H and O–H groups in total. The number of benzene rings is 1. The number of pyridine rings is 1. The summed E-state index contributed by atoms with van der Waals surface area (Å²) in [5.74, 6) is 0. The summed E-state index contributed by atoms with van der Waals surface area (Å²) < 4.78 is 0.963. The van der Waals surface area contributed by atoms with Gasteiger partial charge in [-0.3, -0.25) is 5.21 Å². The van der Waals surface area contributed by atoms with Gasteiger partial charge in [0.1, 0.15) is 0 Å². The third-order valence-electron chi connectivity index (χ3n) is 2.44. The van der Waals surface area contributed by atoms with Crippen LogP contribution in [-0.2, 0) is 0 Å². The lowest BCUT2D eigenvalue weighted by Crippen LogP contribution is -2.27. The van der Waals surface area contributed by atoms with Gasteiger partial charge in [-0.2, -0.15) is 10.2 Å². The minimum atomic E-state index is 0.692. The van der Waals surface area contributed by atoms with Crippen LogP contribution in [0.2, 0.25) is 0 Å². The minimum Gasteiger partial charge on any atom is -0.378 e. The van der Waals surface area contributed by atoms with Crippen molar-refractivity contribution in [2.45, 2.75) is 0 Å². The topological polar surface area (TPSA) is 52.1 Å². The van der Waals surface area contributed by atoms with E-state index in [1.54, 1.807) is 12.1 Å². The minimum absolute atomic E-state index is 0.692. The molecule has 0 aliphatic heterocycles. The molecule has 0 fully saturated rings. The molecule has 0 amide bonds. The van der Waals surface area contributed by atoms with Crippen LogP contribution in [0.4, 0.5) is 17.1 Å². The average Bonchev–Trinajstić information content (AvgIpc) is 2.38. The molecule has 0 aliphatic carbocycles. The predicted molar refractivity (Wildman–Crippen MR) is 68.8 cm³/mol. The molecule has 0 radical (unpaired) electrons. The molecule has 0 aliphatic rings. The van der Waals surface area contributed by atoms with Gasteiger partial charge in [0.05, 0.1) is 11.4 Å². The number of rotatable bonds is 3. The smallest absolute Gasteiger partial charge is 0.224 e. The Morgan fingerprint density at radius 2 is 1.39 bits per heavy atom. The maximum atomic E-state index is 9.06. The zero-order valence-corrected chi connectivity index (χ0v) is 10.4. The van der Waals surface area contributed by atoms with Gasteiger partial charge in [-0.25, -0.2) is 0 Å². The summed E-state index contributed by atoms with van der Waals surface area (Å²) >= 11 is 0. The largest absolute Gasteiger partial charge is 0.378 e. The fraction of sp³-hybridized carbons (Fsp3) is 0.154. The fourth-order valence-corrected chi connectivity index (χ4v) is 1.41. The summed E-state index contributed by atoms with van der Waals surface area (Å²) in [6, 6.07) is 11.2. The van der Waals surface area contributed by atoms with Gasteiger partial charge in [-0.15, -0.1) is 0 Å². The second kappa shape index (κ2) is 5.27. The molecule has 1 aromatic heterocycles. The summed E-state index contributed by atoms with van der Waals surface area (Å²) in [5, 5.41) is 17.3. The number of anilines is 1. The van der Waals surface area contributed by atoms with E-state index < -0.39 is 0 Å². The molecule has 5 nitrogen and oxygen atoms in total. The standard InChI is InChI=1S/C13H15N4O/c1-16(2)13-5-3-11(4-6-13)14-15-12-7-9-17(18)10-8-12/h3-10,18H,1-2H3/q+1. The maximum absolute atomic E-state index is 9.06. The van der Waals surface area contributed by atoms with Crippen LogP contribution in [0.1, 0.15) is 0 Å². The average molecular weight is 243 g/mol. The third-order valence-corrected chi connectivity index (χ3v) is 2.44. The van der Waals surface area contributed by atoms with Crippen LogP contribution in [0.25, 0.3) is 0 Å². The van der Waals surface area contributed by atoms with Crippen LogP contribution < -0.4 is 9.63 Å². The molecule has 5 heteroatoms. The van der Waals surface area contributed by atoms with Crippen LogP contribution in [-0.4, -0.2) is 19.3 Å². The van der Waals surface area contributed by atoms with Gasteiger partial charge >= 0.3 is 0 Å². The molecule has 2 aromatic rings. The molecule has 0 saturated heterocycles. The second-order valence-corrected chi connectivity index (χ2v) is 4.05. The zero-order valence-electron chi connectivity index (χ0n) is 10.4. The van der Waals surface area contributed by atoms with Crippen molar-refractivity contribution in [1.29, 1.82) is 0 Å². The van der Waals surface area contributed by atoms with Crippen LogP contribution in [0.5, 0.6) is 0 Å². The molecule has 92 valence electrons. The highest BCUT2D eigenvalue weighted by molar-refractivity contribution is 5.51. The number of hydrogen-bond donors (Lipinski definition) is 1. The van der Waals surface area contributed by atoms with Gasteiger partial charge in [0.2, 0.25) is 12.4 Å². The molecule has 1 aromatic carbocycles. The first-order chi connectivity index (χ1) is 8.65. The van der Waals surface area contributed by atoms with Crippen molar-refractivity contribution in [2.24, 2.45) is 10.2 Å². The quantitative estimate of drug-likeness (QED) is 0.512. The van der Waals surface area contributed by atoms with E-state index in [1.165, 1.54) is 12.4 Å². The van der Waals surface area contributed by atoms with Crippen molar-refractivity contribution in [3.8, 4) is 0 Å². The van der Waals surface area contributed by atoms with Gasteiger partial charge in [-0.05, 0) is 24.3 Å². The molecular formula is C13H15N4O+. The fourth-order valence-electron chi connectivity index (χ4n) is 1.41. The van der Waals surface area contributed by atoms with Gasteiger partial charge in [0, 0.05) is 36.6 Å². The van der Waals surface area contributed by atoms with Crippen molar-refractivity contribution >= 4 is 17.1 Å². The molecule has 0 atom stereocenters. The van der Waals surface area contributed by atoms with Crippen molar-refractivity contribution in [2.75, 3.05) is 19.0 Å². The van der Waals surface area contributed by atoms with Crippen molar-refractivity contribution in [3.05, 3.63) is 48.8 Å². The number of aromatic nitrogens is 1. The highest BCUT2D eigenvalue weighted by Gasteiger charge is 1.97. The molecule has 0 bridgehead atoms. The first-order valence-electron chi connectivity index (χ1n) is 5.55. The van der Waals surface area contributed by atoms with E-state index in [2.05, 4.69) is 10.2 Å². The molecule has 0 spiro atoms. The normalized spacial score (nSPS) is 10.8. The van der Waals surface area contributed by atoms with E-state index in [0.717, 1.165) is 16.1 Å². The monoisotopic (exact) mass is 243 g/mol. The highest BCUT2D eigenvalue weighted by atomic mass is 16.5. The first kappa shape index (κ1) is 12.0. The van der Waals surface area contributed by atoms with Gasteiger partial charge in [0.25, 0.3) is 0 Å². The highest BCUT2D eigenvalue weighted by Crippen LogP contribution is 2.20. The number of hydrogen-bond acceptors (Lipinski definition) is 4. The van der Waals surface area contributed by atoms with Crippen LogP contribution in [0, 0.1) is 0 Å². The van der Waals surface area contributed by atoms with Crippen LogP contribution >= 0.6 is 0 Å². The summed E-state index contributed by atoms with van der Waals surface area (Å²) in [6.07, 6.45) is 3.01. The van der Waals surface area contributed by atoms with Gasteiger partial charge < -0.3 is 4.90 Å². The Labute approximate surface area is 106 Å². The first-order valence-corrected chi connectivity index (χ1v) is 5.55. The van der Waals surface area contributed by atoms with E-state index in [0.29, 0.717) is 5.69 Å². The Morgan fingerprint density at radius 3 is 1.89 bits per heavy atom. The Bertz CT molecular complexity index is 532. The maximum Gasteiger partial charge on any atom is 0.224 e. The SMILES string of the molecule is CN(C)c1ccc(N=Nc2cc[n+](O)cc2)cc1. The van der Waals surface area contributed by atoms with Crippen molar-refractivity contribution in [3.63, 3.8) is 0 Å². The van der Waals surface area contributed by atoms with Crippen LogP contribution in [0.3, 0.4) is 0 Å².